The summed E-state index contributed by atoms with van der Waals surface area (Å²) in [6.45, 7) is 0.749. The van der Waals surface area contributed by atoms with Crippen molar-refractivity contribution in [3.8, 4) is 0 Å². The van der Waals surface area contributed by atoms with E-state index in [1.54, 1.807) is 35.4 Å². The van der Waals surface area contributed by atoms with Gasteiger partial charge in [-0.3, -0.25) is 9.78 Å². The van der Waals surface area contributed by atoms with Crippen LogP contribution in [0.5, 0.6) is 0 Å². The number of nitrogens with zero attached hydrogens (tertiary/aromatic N) is 4. The molecule has 1 amide bonds. The minimum absolute atomic E-state index is 0.0343. The van der Waals surface area contributed by atoms with Crippen LogP contribution in [0, 0.1) is 5.82 Å². The first-order valence-electron chi connectivity index (χ1n) is 8.32. The van der Waals surface area contributed by atoms with Crippen LogP contribution < -0.4 is 9.80 Å². The summed E-state index contributed by atoms with van der Waals surface area (Å²) in [6, 6.07) is 9.15. The summed E-state index contributed by atoms with van der Waals surface area (Å²) in [6.07, 6.45) is 3.10. The highest BCUT2D eigenvalue weighted by Crippen LogP contribution is 2.24. The fraction of sp³-hybridized carbons (Fsp3) is 0.211. The summed E-state index contributed by atoms with van der Waals surface area (Å²) in [5, 5.41) is 11.7. The Morgan fingerprint density at radius 1 is 1.26 bits per heavy atom. The van der Waals surface area contributed by atoms with Crippen LogP contribution >= 0.6 is 11.3 Å². The highest BCUT2D eigenvalue weighted by molar-refractivity contribution is 7.13. The summed E-state index contributed by atoms with van der Waals surface area (Å²) in [5.74, 6) is -0.609. The Kier molecular flexibility index (Phi) is 6.10. The van der Waals surface area contributed by atoms with Gasteiger partial charge in [-0.1, -0.05) is 0 Å². The van der Waals surface area contributed by atoms with Crippen LogP contribution in [0.2, 0.25) is 0 Å². The number of carbonyl (C=O) groups is 1. The Balaban J connectivity index is 1.88. The zero-order valence-corrected chi connectivity index (χ0v) is 15.6. The largest absolute Gasteiger partial charge is 0.395 e. The Bertz CT molecular complexity index is 886. The van der Waals surface area contributed by atoms with E-state index < -0.39 is 0 Å². The number of aromatic nitrogens is 2. The molecule has 0 atom stereocenters. The lowest BCUT2D eigenvalue weighted by atomic mass is 10.2. The number of hydrogen-bond acceptors (Lipinski definition) is 6. The molecule has 0 saturated carbocycles. The number of thiazole rings is 1. The first-order chi connectivity index (χ1) is 13.1. The molecule has 3 rings (SSSR count). The van der Waals surface area contributed by atoms with Crippen LogP contribution in [0.15, 0.2) is 54.2 Å². The van der Waals surface area contributed by atoms with Gasteiger partial charge in [0, 0.05) is 37.1 Å². The number of benzene rings is 1. The third-order valence-corrected chi connectivity index (χ3v) is 4.92. The maximum atomic E-state index is 13.3. The van der Waals surface area contributed by atoms with E-state index in [9.17, 15) is 9.18 Å². The van der Waals surface area contributed by atoms with Crippen molar-refractivity contribution in [3.05, 3.63) is 71.2 Å². The maximum absolute atomic E-state index is 13.3. The number of amides is 1. The van der Waals surface area contributed by atoms with E-state index in [2.05, 4.69) is 9.97 Å². The zero-order chi connectivity index (χ0) is 19.2. The molecule has 1 N–H and O–H groups in total. The molecular formula is C19H19FN4O2S. The molecule has 0 aliphatic rings. The fourth-order valence-electron chi connectivity index (χ4n) is 2.50. The van der Waals surface area contributed by atoms with Crippen molar-refractivity contribution in [2.45, 2.75) is 6.54 Å². The minimum atomic E-state index is -0.367. The zero-order valence-electron chi connectivity index (χ0n) is 14.7. The molecule has 2 heterocycles. The monoisotopic (exact) mass is 386 g/mol. The summed E-state index contributed by atoms with van der Waals surface area (Å²) >= 11 is 1.44. The Morgan fingerprint density at radius 3 is 2.70 bits per heavy atom. The lowest BCUT2D eigenvalue weighted by Crippen LogP contribution is -2.30. The van der Waals surface area contributed by atoms with E-state index in [0.717, 1.165) is 5.13 Å². The van der Waals surface area contributed by atoms with Crippen molar-refractivity contribution in [2.75, 3.05) is 30.0 Å². The van der Waals surface area contributed by atoms with E-state index in [1.165, 1.54) is 29.7 Å². The number of aliphatic hydroxyl groups excluding tert-OH is 1. The molecule has 6 nitrogen and oxygen atoms in total. The summed E-state index contributed by atoms with van der Waals surface area (Å²) in [4.78, 5) is 24.9. The molecule has 3 aromatic rings. The smallest absolute Gasteiger partial charge is 0.260 e. The molecule has 2 aromatic heterocycles. The normalized spacial score (nSPS) is 10.6. The molecule has 0 bridgehead atoms. The van der Waals surface area contributed by atoms with Gasteiger partial charge in [0.2, 0.25) is 0 Å². The third-order valence-electron chi connectivity index (χ3n) is 3.91. The van der Waals surface area contributed by atoms with Crippen molar-refractivity contribution >= 4 is 28.1 Å². The highest BCUT2D eigenvalue weighted by atomic mass is 32.1. The molecule has 140 valence electrons. The van der Waals surface area contributed by atoms with Crippen LogP contribution in [0.3, 0.4) is 0 Å². The Hall–Kier alpha value is -2.84. The van der Waals surface area contributed by atoms with Gasteiger partial charge in [0.25, 0.3) is 5.91 Å². The van der Waals surface area contributed by atoms with Gasteiger partial charge in [-0.2, -0.15) is 0 Å². The fourth-order valence-corrected chi connectivity index (χ4v) is 3.31. The number of halogens is 1. The number of anilines is 2. The average Bonchev–Trinajstić information content (AvgIpc) is 3.16. The first-order valence-corrected chi connectivity index (χ1v) is 9.20. The van der Waals surface area contributed by atoms with E-state index in [0.29, 0.717) is 23.5 Å². The molecule has 0 fully saturated rings. The summed E-state index contributed by atoms with van der Waals surface area (Å²) in [5.41, 5.74) is 1.72. The number of hydrogen-bond donors (Lipinski definition) is 1. The van der Waals surface area contributed by atoms with Gasteiger partial charge in [-0.25, -0.2) is 9.37 Å². The van der Waals surface area contributed by atoms with E-state index in [1.807, 2.05) is 17.3 Å². The van der Waals surface area contributed by atoms with Crippen molar-refractivity contribution in [3.63, 3.8) is 0 Å². The first kappa shape index (κ1) is 18.9. The van der Waals surface area contributed by atoms with Crippen LogP contribution in [0.4, 0.5) is 15.2 Å². The van der Waals surface area contributed by atoms with Crippen molar-refractivity contribution in [1.29, 1.82) is 0 Å². The second-order valence-electron chi connectivity index (χ2n) is 5.88. The van der Waals surface area contributed by atoms with Gasteiger partial charge < -0.3 is 14.9 Å². The molecule has 0 saturated heterocycles. The number of likely N-dealkylation sites (N-methyl/N-ethyl adjacent to an activating group) is 1. The predicted octanol–water partition coefficient (Wildman–Crippen LogP) is 2.95. The Labute approximate surface area is 160 Å². The minimum Gasteiger partial charge on any atom is -0.395 e. The number of pyridine rings is 1. The molecular weight excluding hydrogens is 367 g/mol. The summed E-state index contributed by atoms with van der Waals surface area (Å²) in [7, 11) is 1.84. The lowest BCUT2D eigenvalue weighted by Gasteiger charge is -2.22. The third kappa shape index (κ3) is 4.66. The molecule has 0 aliphatic carbocycles. The molecule has 0 unspecified atom stereocenters. The lowest BCUT2D eigenvalue weighted by molar-refractivity contribution is 0.0984. The molecule has 0 aliphatic heterocycles. The molecule has 0 spiro atoms. The summed E-state index contributed by atoms with van der Waals surface area (Å²) < 4.78 is 13.3. The molecule has 8 heteroatoms. The van der Waals surface area contributed by atoms with Crippen molar-refractivity contribution in [1.82, 2.24) is 9.97 Å². The van der Waals surface area contributed by atoms with Crippen LogP contribution in [0.25, 0.3) is 0 Å². The standard InChI is InChI=1S/C19H19FN4O2S/c1-23(9-10-25)19-22-16(13-27-19)12-24(17-6-4-15(20)5-7-17)18(26)14-3-2-8-21-11-14/h2-8,11,13,25H,9-10,12H2,1H3. The van der Waals surface area contributed by atoms with Gasteiger partial charge >= 0.3 is 0 Å². The Morgan fingerprint density at radius 2 is 2.04 bits per heavy atom. The van der Waals surface area contributed by atoms with Gasteiger partial charge in [-0.15, -0.1) is 11.3 Å². The number of carbonyl (C=O) groups excluding carboxylic acids is 1. The second-order valence-corrected chi connectivity index (χ2v) is 6.71. The second kappa shape index (κ2) is 8.70. The van der Waals surface area contributed by atoms with E-state index in [-0.39, 0.29) is 24.9 Å². The van der Waals surface area contributed by atoms with Crippen LogP contribution in [0.1, 0.15) is 16.1 Å². The predicted molar refractivity (Wildman–Crippen MR) is 104 cm³/mol. The average molecular weight is 386 g/mol. The van der Waals surface area contributed by atoms with Gasteiger partial charge in [0.1, 0.15) is 5.82 Å². The van der Waals surface area contributed by atoms with Crippen molar-refractivity contribution in [2.24, 2.45) is 0 Å². The SMILES string of the molecule is CN(CCO)c1nc(CN(C(=O)c2cccnc2)c2ccc(F)cc2)cs1. The van der Waals surface area contributed by atoms with Gasteiger partial charge in [-0.05, 0) is 36.4 Å². The topological polar surface area (TPSA) is 69.6 Å². The van der Waals surface area contributed by atoms with Crippen LogP contribution in [-0.2, 0) is 6.54 Å². The van der Waals surface area contributed by atoms with Crippen LogP contribution in [-0.4, -0.2) is 41.2 Å². The number of rotatable bonds is 7. The molecule has 27 heavy (non-hydrogen) atoms. The molecule has 0 radical (unpaired) electrons. The van der Waals surface area contributed by atoms with E-state index in [4.69, 9.17) is 5.11 Å². The highest BCUT2D eigenvalue weighted by Gasteiger charge is 2.20. The molecule has 1 aromatic carbocycles. The van der Waals surface area contributed by atoms with Crippen molar-refractivity contribution < 1.29 is 14.3 Å². The maximum Gasteiger partial charge on any atom is 0.260 e. The quantitative estimate of drug-likeness (QED) is 0.676. The van der Waals surface area contributed by atoms with E-state index >= 15 is 0 Å². The van der Waals surface area contributed by atoms with Gasteiger partial charge in [0.05, 0.1) is 24.4 Å². The number of aliphatic hydroxyl groups is 1. The van der Waals surface area contributed by atoms with Gasteiger partial charge in [0.15, 0.2) is 5.13 Å².